The number of hydrogen-bond donors (Lipinski definition) is 1. The molecule has 0 bridgehead atoms. The molecular weight excluding hydrogens is 304 g/mol. The highest BCUT2D eigenvalue weighted by molar-refractivity contribution is 6.33. The van der Waals surface area contributed by atoms with Crippen molar-refractivity contribution >= 4 is 17.5 Å². The molecule has 2 rings (SSSR count). The monoisotopic (exact) mass is 322 g/mol. The number of hydrogen-bond acceptors (Lipinski definition) is 4. The summed E-state index contributed by atoms with van der Waals surface area (Å²) in [6.07, 6.45) is 0.970. The summed E-state index contributed by atoms with van der Waals surface area (Å²) >= 11 is 6.13. The Balaban J connectivity index is 2.01. The van der Waals surface area contributed by atoms with Crippen molar-refractivity contribution in [2.24, 2.45) is 0 Å². The zero-order valence-corrected chi connectivity index (χ0v) is 13.4. The summed E-state index contributed by atoms with van der Waals surface area (Å²) < 4.78 is 10.6. The Morgan fingerprint density at radius 1 is 1.41 bits per heavy atom. The maximum absolute atomic E-state index is 11.9. The van der Waals surface area contributed by atoms with Crippen LogP contribution in [0.25, 0.3) is 11.5 Å². The third kappa shape index (κ3) is 4.32. The van der Waals surface area contributed by atoms with Gasteiger partial charge in [0.15, 0.2) is 0 Å². The molecule has 0 spiro atoms. The van der Waals surface area contributed by atoms with Crippen molar-refractivity contribution in [2.75, 3.05) is 20.3 Å². The fourth-order valence-corrected chi connectivity index (χ4v) is 2.22. The van der Waals surface area contributed by atoms with E-state index in [0.717, 1.165) is 12.0 Å². The van der Waals surface area contributed by atoms with E-state index in [9.17, 15) is 4.79 Å². The number of halogens is 1. The molecule has 0 fully saturated rings. The molecule has 0 atom stereocenters. The smallest absolute Gasteiger partial charge is 0.228 e. The molecular formula is C16H19ClN2O3. The molecule has 1 amide bonds. The van der Waals surface area contributed by atoms with Crippen molar-refractivity contribution in [1.29, 1.82) is 0 Å². The fraction of sp³-hybridized carbons (Fsp3) is 0.375. The molecule has 0 radical (unpaired) electrons. The fourth-order valence-electron chi connectivity index (χ4n) is 2.00. The van der Waals surface area contributed by atoms with E-state index in [1.54, 1.807) is 20.1 Å². The van der Waals surface area contributed by atoms with Gasteiger partial charge in [0.2, 0.25) is 11.8 Å². The summed E-state index contributed by atoms with van der Waals surface area (Å²) in [5.74, 6) is 0.977. The van der Waals surface area contributed by atoms with Gasteiger partial charge in [0.05, 0.1) is 22.7 Å². The van der Waals surface area contributed by atoms with Crippen LogP contribution < -0.4 is 5.32 Å². The van der Waals surface area contributed by atoms with Gasteiger partial charge in [-0.05, 0) is 25.5 Å². The lowest BCUT2D eigenvalue weighted by Gasteiger charge is -2.03. The molecule has 0 saturated heterocycles. The van der Waals surface area contributed by atoms with Crippen LogP contribution in [0.2, 0.25) is 5.02 Å². The zero-order chi connectivity index (χ0) is 15.9. The molecule has 0 aliphatic rings. The molecule has 22 heavy (non-hydrogen) atoms. The highest BCUT2D eigenvalue weighted by Gasteiger charge is 2.15. The van der Waals surface area contributed by atoms with Crippen LogP contribution in [-0.2, 0) is 16.0 Å². The standard InChI is InChI=1S/C16H19ClN2O3/c1-11-14(10-15(20)18-8-5-9-21-2)19-16(22-11)12-6-3-4-7-13(12)17/h3-4,6-7H,5,8-10H2,1-2H3,(H,18,20). The van der Waals surface area contributed by atoms with Crippen molar-refractivity contribution in [2.45, 2.75) is 19.8 Å². The van der Waals surface area contributed by atoms with Crippen molar-refractivity contribution in [3.8, 4) is 11.5 Å². The third-order valence-electron chi connectivity index (χ3n) is 3.17. The van der Waals surface area contributed by atoms with Gasteiger partial charge < -0.3 is 14.5 Å². The topological polar surface area (TPSA) is 64.4 Å². The van der Waals surface area contributed by atoms with E-state index in [-0.39, 0.29) is 12.3 Å². The minimum Gasteiger partial charge on any atom is -0.441 e. The number of methoxy groups -OCH3 is 1. The second kappa shape index (κ2) is 7.96. The first-order valence-corrected chi connectivity index (χ1v) is 7.46. The molecule has 6 heteroatoms. The molecule has 1 heterocycles. The normalized spacial score (nSPS) is 10.7. The Morgan fingerprint density at radius 2 is 2.18 bits per heavy atom. The second-order valence-corrected chi connectivity index (χ2v) is 5.28. The predicted molar refractivity (Wildman–Crippen MR) is 84.9 cm³/mol. The second-order valence-electron chi connectivity index (χ2n) is 4.87. The number of carbonyl (C=O) groups is 1. The molecule has 2 aromatic rings. The van der Waals surface area contributed by atoms with E-state index in [1.807, 2.05) is 18.2 Å². The van der Waals surface area contributed by atoms with E-state index < -0.39 is 0 Å². The summed E-state index contributed by atoms with van der Waals surface area (Å²) in [6.45, 7) is 3.00. The molecule has 0 aliphatic carbocycles. The molecule has 118 valence electrons. The lowest BCUT2D eigenvalue weighted by molar-refractivity contribution is -0.120. The Morgan fingerprint density at radius 3 is 2.91 bits per heavy atom. The largest absolute Gasteiger partial charge is 0.441 e. The summed E-state index contributed by atoms with van der Waals surface area (Å²) in [7, 11) is 1.64. The van der Waals surface area contributed by atoms with Gasteiger partial charge in [-0.15, -0.1) is 0 Å². The lowest BCUT2D eigenvalue weighted by Crippen LogP contribution is -2.27. The number of oxazole rings is 1. The number of amides is 1. The number of carbonyl (C=O) groups excluding carboxylic acids is 1. The number of nitrogens with zero attached hydrogens (tertiary/aromatic N) is 1. The number of aryl methyl sites for hydroxylation is 1. The molecule has 0 aliphatic heterocycles. The number of nitrogens with one attached hydrogen (secondary N) is 1. The van der Waals surface area contributed by atoms with Crippen LogP contribution in [-0.4, -0.2) is 31.2 Å². The zero-order valence-electron chi connectivity index (χ0n) is 12.7. The van der Waals surface area contributed by atoms with E-state index in [1.165, 1.54) is 0 Å². The van der Waals surface area contributed by atoms with Crippen molar-refractivity contribution in [1.82, 2.24) is 10.3 Å². The highest BCUT2D eigenvalue weighted by Crippen LogP contribution is 2.28. The Labute approximate surface area is 134 Å². The van der Waals surface area contributed by atoms with Crippen LogP contribution in [0.1, 0.15) is 17.9 Å². The molecule has 0 unspecified atom stereocenters. The minimum absolute atomic E-state index is 0.0850. The van der Waals surface area contributed by atoms with Crippen LogP contribution in [0.15, 0.2) is 28.7 Å². The SMILES string of the molecule is COCCCNC(=O)Cc1nc(-c2ccccc2Cl)oc1C. The average Bonchev–Trinajstić information content (AvgIpc) is 2.85. The van der Waals surface area contributed by atoms with Crippen molar-refractivity contribution < 1.29 is 13.9 Å². The van der Waals surface area contributed by atoms with E-state index in [2.05, 4.69) is 10.3 Å². The first-order chi connectivity index (χ1) is 10.6. The third-order valence-corrected chi connectivity index (χ3v) is 3.50. The van der Waals surface area contributed by atoms with Crippen LogP contribution in [0.4, 0.5) is 0 Å². The summed E-state index contributed by atoms with van der Waals surface area (Å²) in [5.41, 5.74) is 1.35. The first kappa shape index (κ1) is 16.5. The number of ether oxygens (including phenoxy) is 1. The van der Waals surface area contributed by atoms with Crippen LogP contribution >= 0.6 is 11.6 Å². The van der Waals surface area contributed by atoms with Crippen LogP contribution in [0, 0.1) is 6.92 Å². The van der Waals surface area contributed by atoms with Crippen molar-refractivity contribution in [3.05, 3.63) is 40.7 Å². The molecule has 1 aromatic carbocycles. The lowest BCUT2D eigenvalue weighted by atomic mass is 10.2. The first-order valence-electron chi connectivity index (χ1n) is 7.08. The highest BCUT2D eigenvalue weighted by atomic mass is 35.5. The molecule has 0 saturated carbocycles. The van der Waals surface area contributed by atoms with Gasteiger partial charge in [0.25, 0.3) is 0 Å². The summed E-state index contributed by atoms with van der Waals surface area (Å²) in [4.78, 5) is 16.3. The van der Waals surface area contributed by atoms with Crippen molar-refractivity contribution in [3.63, 3.8) is 0 Å². The number of rotatable bonds is 7. The minimum atomic E-state index is -0.0850. The van der Waals surface area contributed by atoms with E-state index >= 15 is 0 Å². The van der Waals surface area contributed by atoms with Gasteiger partial charge in [-0.2, -0.15) is 0 Å². The Bertz CT molecular complexity index is 640. The Hall–Kier alpha value is -1.85. The van der Waals surface area contributed by atoms with Crippen LogP contribution in [0.3, 0.4) is 0 Å². The van der Waals surface area contributed by atoms with E-state index in [4.69, 9.17) is 20.8 Å². The van der Waals surface area contributed by atoms with E-state index in [0.29, 0.717) is 35.5 Å². The average molecular weight is 323 g/mol. The van der Waals surface area contributed by atoms with Gasteiger partial charge in [0.1, 0.15) is 5.76 Å². The predicted octanol–water partition coefficient (Wildman–Crippen LogP) is 3.00. The number of aromatic nitrogens is 1. The molecule has 1 N–H and O–H groups in total. The maximum Gasteiger partial charge on any atom is 0.228 e. The van der Waals surface area contributed by atoms with Crippen LogP contribution in [0.5, 0.6) is 0 Å². The summed E-state index contributed by atoms with van der Waals surface area (Å²) in [6, 6.07) is 7.32. The van der Waals surface area contributed by atoms with Gasteiger partial charge in [-0.3, -0.25) is 4.79 Å². The number of benzene rings is 1. The van der Waals surface area contributed by atoms with Gasteiger partial charge in [-0.1, -0.05) is 23.7 Å². The molecule has 5 nitrogen and oxygen atoms in total. The Kier molecular flexibility index (Phi) is 5.98. The quantitative estimate of drug-likeness (QED) is 0.796. The molecule has 1 aromatic heterocycles. The van der Waals surface area contributed by atoms with Gasteiger partial charge >= 0.3 is 0 Å². The maximum atomic E-state index is 11.9. The summed E-state index contributed by atoms with van der Waals surface area (Å²) in [5, 5.41) is 3.40. The van der Waals surface area contributed by atoms with Gasteiger partial charge in [-0.25, -0.2) is 4.98 Å². The van der Waals surface area contributed by atoms with Gasteiger partial charge in [0, 0.05) is 20.3 Å².